The molecular formula is C9H14FN4O6P. The van der Waals surface area contributed by atoms with Crippen LogP contribution in [-0.2, 0) is 9.26 Å². The molecule has 1 aliphatic heterocycles. The second-order valence-corrected chi connectivity index (χ2v) is 5.20. The normalized spacial score (nSPS) is 34.0. The van der Waals surface area contributed by atoms with Crippen LogP contribution in [0.15, 0.2) is 17.1 Å². The summed E-state index contributed by atoms with van der Waals surface area (Å²) in [5.41, 5.74) is 9.33. The minimum atomic E-state index is -3.26. The van der Waals surface area contributed by atoms with Crippen molar-refractivity contribution in [3.8, 4) is 0 Å². The van der Waals surface area contributed by atoms with Gasteiger partial charge in [0.25, 0.3) is 5.85 Å². The molecule has 2 heterocycles. The lowest BCUT2D eigenvalue weighted by Gasteiger charge is -2.23. The number of hydrogen-bond donors (Lipinski definition) is 5. The van der Waals surface area contributed by atoms with Crippen LogP contribution in [0.2, 0.25) is 0 Å². The van der Waals surface area contributed by atoms with E-state index in [9.17, 15) is 19.4 Å². The summed E-state index contributed by atoms with van der Waals surface area (Å²) in [6.45, 7) is -0.472. The molecule has 10 nitrogen and oxygen atoms in total. The van der Waals surface area contributed by atoms with E-state index in [4.69, 9.17) is 20.9 Å². The Morgan fingerprint density at radius 2 is 2.33 bits per heavy atom. The number of rotatable bonds is 4. The molecule has 0 spiro atoms. The Kier molecular flexibility index (Phi) is 4.54. The maximum Gasteiger partial charge on any atom is 0.351 e. The van der Waals surface area contributed by atoms with Crippen molar-refractivity contribution in [3.05, 3.63) is 22.7 Å². The molecular weight excluding hydrogens is 310 g/mol. The molecule has 12 heteroatoms. The predicted octanol–water partition coefficient (Wildman–Crippen LogP) is -2.06. The number of hydrogen-bond acceptors (Lipinski definition) is 9. The SMILES string of the molecule is Nc1ccn([C@@H]2O[C@H](COP(N)O)[C@@H](O)[C@]2(O)F)c(=O)n1. The molecule has 0 radical (unpaired) electrons. The summed E-state index contributed by atoms with van der Waals surface area (Å²) in [5, 5.41) is 19.4. The zero-order valence-corrected chi connectivity index (χ0v) is 11.4. The first kappa shape index (κ1) is 16.2. The van der Waals surface area contributed by atoms with E-state index in [0.29, 0.717) is 4.57 Å². The highest BCUT2D eigenvalue weighted by Crippen LogP contribution is 2.39. The lowest BCUT2D eigenvalue weighted by molar-refractivity contribution is -0.196. The molecule has 1 aromatic rings. The van der Waals surface area contributed by atoms with Gasteiger partial charge in [-0.05, 0) is 6.07 Å². The predicted molar refractivity (Wildman–Crippen MR) is 68.2 cm³/mol. The zero-order chi connectivity index (χ0) is 15.8. The molecule has 0 aliphatic carbocycles. The average molecular weight is 324 g/mol. The first-order valence-electron chi connectivity index (χ1n) is 5.69. The molecule has 0 bridgehead atoms. The summed E-state index contributed by atoms with van der Waals surface area (Å²) in [6, 6.07) is 1.20. The maximum absolute atomic E-state index is 14.2. The standard InChI is InChI=1S/C9H14FN4O6P/c10-9(17)6(15)4(3-19-21(12)18)20-7(9)14-2-1-5(11)13-8(14)16/h1-2,4,6-7,15,17-18H,3,12H2,(H2,11,13,16)/t4-,6-,7-,9-,21?/m1/s1. The van der Waals surface area contributed by atoms with Crippen LogP contribution < -0.4 is 16.9 Å². The Morgan fingerprint density at radius 3 is 2.90 bits per heavy atom. The largest absolute Gasteiger partial charge is 0.384 e. The molecule has 1 saturated heterocycles. The molecule has 118 valence electrons. The highest BCUT2D eigenvalue weighted by molar-refractivity contribution is 7.43. The number of aliphatic hydroxyl groups excluding tert-OH is 1. The second kappa shape index (κ2) is 5.89. The van der Waals surface area contributed by atoms with Crippen LogP contribution in [0.5, 0.6) is 0 Å². The number of ether oxygens (including phenoxy) is 1. The second-order valence-electron chi connectivity index (χ2n) is 4.34. The Bertz CT molecular complexity index is 569. The van der Waals surface area contributed by atoms with Crippen molar-refractivity contribution in [3.63, 3.8) is 0 Å². The van der Waals surface area contributed by atoms with Crippen LogP contribution in [0.3, 0.4) is 0 Å². The summed E-state index contributed by atoms with van der Waals surface area (Å²) in [6.07, 6.45) is -4.13. The van der Waals surface area contributed by atoms with E-state index in [1.54, 1.807) is 0 Å². The lowest BCUT2D eigenvalue weighted by Crippen LogP contribution is -2.45. The van der Waals surface area contributed by atoms with Crippen molar-refractivity contribution < 1.29 is 28.8 Å². The minimum absolute atomic E-state index is 0.0915. The van der Waals surface area contributed by atoms with Gasteiger partial charge in [-0.2, -0.15) is 4.98 Å². The van der Waals surface area contributed by atoms with E-state index in [-0.39, 0.29) is 5.82 Å². The van der Waals surface area contributed by atoms with Gasteiger partial charge in [-0.15, -0.1) is 0 Å². The number of nitrogens with two attached hydrogens (primary N) is 2. The van der Waals surface area contributed by atoms with Gasteiger partial charge in [-0.3, -0.25) is 10.1 Å². The fraction of sp³-hybridized carbons (Fsp3) is 0.556. The summed E-state index contributed by atoms with van der Waals surface area (Å²) >= 11 is 0. The van der Waals surface area contributed by atoms with Crippen molar-refractivity contribution in [2.75, 3.05) is 12.3 Å². The van der Waals surface area contributed by atoms with Gasteiger partial charge < -0.3 is 30.1 Å². The van der Waals surface area contributed by atoms with E-state index < -0.39 is 45.1 Å². The summed E-state index contributed by atoms with van der Waals surface area (Å²) in [5.74, 6) is -3.35. The molecule has 21 heavy (non-hydrogen) atoms. The van der Waals surface area contributed by atoms with Gasteiger partial charge in [-0.1, -0.05) is 0 Å². The number of halogens is 1. The van der Waals surface area contributed by atoms with Gasteiger partial charge in [-0.25, -0.2) is 9.18 Å². The molecule has 0 amide bonds. The third-order valence-corrected chi connectivity index (χ3v) is 3.31. The first-order chi connectivity index (χ1) is 9.73. The number of aromatic nitrogens is 2. The quantitative estimate of drug-likeness (QED) is 0.391. The topological polar surface area (TPSA) is 166 Å². The molecule has 1 fully saturated rings. The van der Waals surface area contributed by atoms with Gasteiger partial charge in [0.05, 0.1) is 6.61 Å². The smallest absolute Gasteiger partial charge is 0.351 e. The van der Waals surface area contributed by atoms with Crippen molar-refractivity contribution in [1.29, 1.82) is 0 Å². The van der Waals surface area contributed by atoms with Gasteiger partial charge in [0, 0.05) is 6.20 Å². The first-order valence-corrected chi connectivity index (χ1v) is 6.97. The van der Waals surface area contributed by atoms with Gasteiger partial charge in [0.15, 0.2) is 6.23 Å². The summed E-state index contributed by atoms with van der Waals surface area (Å²) < 4.78 is 24.6. The Hall–Kier alpha value is -1.20. The van der Waals surface area contributed by atoms with Gasteiger partial charge >= 0.3 is 5.69 Å². The summed E-state index contributed by atoms with van der Waals surface area (Å²) in [7, 11) is -2.24. The van der Waals surface area contributed by atoms with Crippen molar-refractivity contribution in [2.45, 2.75) is 24.3 Å². The summed E-state index contributed by atoms with van der Waals surface area (Å²) in [4.78, 5) is 23.8. The monoisotopic (exact) mass is 324 g/mol. The van der Waals surface area contributed by atoms with E-state index >= 15 is 0 Å². The Balaban J connectivity index is 2.25. The third-order valence-electron chi connectivity index (χ3n) is 2.89. The third kappa shape index (κ3) is 3.19. The van der Waals surface area contributed by atoms with Gasteiger partial charge in [0.1, 0.15) is 18.0 Å². The van der Waals surface area contributed by atoms with E-state index in [1.807, 2.05) is 0 Å². The highest BCUT2D eigenvalue weighted by atomic mass is 31.2. The van der Waals surface area contributed by atoms with Gasteiger partial charge in [0.2, 0.25) is 8.53 Å². The van der Waals surface area contributed by atoms with E-state index in [0.717, 1.165) is 6.20 Å². The van der Waals surface area contributed by atoms with Crippen LogP contribution in [-0.4, -0.2) is 49.3 Å². The number of alkyl halides is 1. The number of nitrogens with zero attached hydrogens (tertiary/aromatic N) is 2. The van der Waals surface area contributed by atoms with Crippen molar-refractivity contribution in [2.24, 2.45) is 5.50 Å². The van der Waals surface area contributed by atoms with Crippen LogP contribution in [0.4, 0.5) is 10.2 Å². The fourth-order valence-electron chi connectivity index (χ4n) is 1.89. The highest BCUT2D eigenvalue weighted by Gasteiger charge is 2.57. The molecule has 1 aromatic heterocycles. The fourth-order valence-corrected chi connectivity index (χ4v) is 2.19. The van der Waals surface area contributed by atoms with Crippen LogP contribution >= 0.6 is 8.53 Å². The van der Waals surface area contributed by atoms with E-state index in [1.165, 1.54) is 6.07 Å². The number of anilines is 1. The van der Waals surface area contributed by atoms with Crippen LogP contribution in [0.1, 0.15) is 6.23 Å². The van der Waals surface area contributed by atoms with Crippen molar-refractivity contribution in [1.82, 2.24) is 9.55 Å². The van der Waals surface area contributed by atoms with Crippen LogP contribution in [0.25, 0.3) is 0 Å². The Labute approximate surface area is 118 Å². The Morgan fingerprint density at radius 1 is 1.67 bits per heavy atom. The minimum Gasteiger partial charge on any atom is -0.384 e. The maximum atomic E-state index is 14.2. The van der Waals surface area contributed by atoms with Crippen LogP contribution in [0, 0.1) is 0 Å². The number of nitrogen functional groups attached to an aromatic ring is 1. The zero-order valence-electron chi connectivity index (χ0n) is 10.5. The lowest BCUT2D eigenvalue weighted by atomic mass is 10.1. The molecule has 1 unspecified atom stereocenters. The molecule has 2 rings (SSSR count). The van der Waals surface area contributed by atoms with Crippen molar-refractivity contribution >= 4 is 14.3 Å². The number of aliphatic hydroxyl groups is 2. The average Bonchev–Trinajstić information content (AvgIpc) is 2.60. The molecule has 0 saturated carbocycles. The molecule has 0 aromatic carbocycles. The van der Waals surface area contributed by atoms with E-state index in [2.05, 4.69) is 9.51 Å². The molecule has 1 aliphatic rings. The molecule has 5 atom stereocenters. The molecule has 7 N–H and O–H groups in total.